The van der Waals surface area contributed by atoms with Gasteiger partial charge in [-0.25, -0.2) is 0 Å². The van der Waals surface area contributed by atoms with Crippen LogP contribution in [0, 0.1) is 13.8 Å². The highest BCUT2D eigenvalue weighted by molar-refractivity contribution is 6.05. The van der Waals surface area contributed by atoms with Gasteiger partial charge in [-0.2, -0.15) is 10.2 Å². The van der Waals surface area contributed by atoms with E-state index in [4.69, 9.17) is 0 Å². The van der Waals surface area contributed by atoms with Crippen molar-refractivity contribution >= 4 is 11.7 Å². The Kier molecular flexibility index (Phi) is 4.70. The normalized spacial score (nSPS) is 10.9. The second-order valence-electron chi connectivity index (χ2n) is 6.13. The van der Waals surface area contributed by atoms with Gasteiger partial charge in [-0.3, -0.25) is 14.2 Å². The molecule has 2 aromatic heterocycles. The topological polar surface area (TPSA) is 64.7 Å². The third-order valence-electron chi connectivity index (χ3n) is 4.35. The number of rotatable bonds is 5. The highest BCUT2D eigenvalue weighted by Gasteiger charge is 2.19. The lowest BCUT2D eigenvalue weighted by molar-refractivity contribution is 0.102. The molecular weight excluding hydrogens is 314 g/mol. The first kappa shape index (κ1) is 17.0. The average Bonchev–Trinajstić information content (AvgIpc) is 3.11. The highest BCUT2D eigenvalue weighted by atomic mass is 16.1. The molecule has 0 unspecified atom stereocenters. The largest absolute Gasteiger partial charge is 0.306 e. The average molecular weight is 337 g/mol. The molecule has 1 N–H and O–H groups in total. The molecule has 0 aliphatic rings. The number of carbonyl (C=O) groups is 1. The van der Waals surface area contributed by atoms with Crippen LogP contribution < -0.4 is 5.32 Å². The maximum atomic E-state index is 12.7. The van der Waals surface area contributed by atoms with Crippen LogP contribution in [0.15, 0.2) is 36.5 Å². The van der Waals surface area contributed by atoms with Crippen molar-refractivity contribution in [2.75, 3.05) is 5.32 Å². The van der Waals surface area contributed by atoms with Crippen molar-refractivity contribution in [1.82, 2.24) is 19.6 Å². The second-order valence-corrected chi connectivity index (χ2v) is 6.13. The molecule has 1 aromatic carbocycles. The number of aryl methyl sites for hydroxylation is 2. The third-order valence-corrected chi connectivity index (χ3v) is 4.35. The van der Waals surface area contributed by atoms with Gasteiger partial charge in [0.2, 0.25) is 0 Å². The summed E-state index contributed by atoms with van der Waals surface area (Å²) in [6.07, 6.45) is 2.61. The lowest BCUT2D eigenvalue weighted by Gasteiger charge is -2.07. The standard InChI is InChI=1S/C19H23N5O/c1-5-11-24-14(3)16(12-20-24)19(25)21-18-13(2)17(22-23(18)4)15-9-7-6-8-10-15/h6-10,12H,5,11H2,1-4H3,(H,21,25). The number of carbonyl (C=O) groups excluding carboxylic acids is 1. The predicted octanol–water partition coefficient (Wildman–Crippen LogP) is 3.56. The first-order chi connectivity index (χ1) is 12.0. The lowest BCUT2D eigenvalue weighted by Crippen LogP contribution is -2.16. The Morgan fingerprint density at radius 1 is 1.20 bits per heavy atom. The fourth-order valence-electron chi connectivity index (χ4n) is 2.96. The molecule has 0 spiro atoms. The maximum Gasteiger partial charge on any atom is 0.260 e. The minimum absolute atomic E-state index is 0.162. The molecule has 3 rings (SSSR count). The predicted molar refractivity (Wildman–Crippen MR) is 98.6 cm³/mol. The molecule has 6 nitrogen and oxygen atoms in total. The van der Waals surface area contributed by atoms with Crippen molar-refractivity contribution in [1.29, 1.82) is 0 Å². The maximum absolute atomic E-state index is 12.7. The third kappa shape index (κ3) is 3.20. The summed E-state index contributed by atoms with van der Waals surface area (Å²) in [4.78, 5) is 12.7. The fraction of sp³-hybridized carbons (Fsp3) is 0.316. The van der Waals surface area contributed by atoms with E-state index in [0.29, 0.717) is 11.4 Å². The fourth-order valence-corrected chi connectivity index (χ4v) is 2.96. The summed E-state index contributed by atoms with van der Waals surface area (Å²) in [6, 6.07) is 9.96. The summed E-state index contributed by atoms with van der Waals surface area (Å²) in [7, 11) is 1.84. The van der Waals surface area contributed by atoms with Crippen LogP contribution in [-0.4, -0.2) is 25.5 Å². The van der Waals surface area contributed by atoms with Gasteiger partial charge in [0.1, 0.15) is 5.82 Å². The van der Waals surface area contributed by atoms with E-state index in [1.165, 1.54) is 0 Å². The van der Waals surface area contributed by atoms with Gasteiger partial charge in [-0.15, -0.1) is 0 Å². The number of nitrogens with zero attached hydrogens (tertiary/aromatic N) is 4. The summed E-state index contributed by atoms with van der Waals surface area (Å²) in [5.41, 5.74) is 4.32. The van der Waals surface area contributed by atoms with Gasteiger partial charge < -0.3 is 5.32 Å². The molecule has 0 saturated carbocycles. The van der Waals surface area contributed by atoms with Crippen LogP contribution in [0.2, 0.25) is 0 Å². The molecule has 0 radical (unpaired) electrons. The molecule has 0 fully saturated rings. The summed E-state index contributed by atoms with van der Waals surface area (Å²) in [6.45, 7) is 6.79. The first-order valence-electron chi connectivity index (χ1n) is 8.45. The smallest absolute Gasteiger partial charge is 0.260 e. The van der Waals surface area contributed by atoms with Gasteiger partial charge in [0.05, 0.1) is 17.5 Å². The zero-order valence-electron chi connectivity index (χ0n) is 15.1. The van der Waals surface area contributed by atoms with Gasteiger partial charge in [-0.1, -0.05) is 37.3 Å². The minimum Gasteiger partial charge on any atom is -0.306 e. The van der Waals surface area contributed by atoms with E-state index >= 15 is 0 Å². The molecule has 0 aliphatic heterocycles. The molecule has 130 valence electrons. The van der Waals surface area contributed by atoms with Crippen LogP contribution >= 0.6 is 0 Å². The SMILES string of the molecule is CCCn1ncc(C(=O)Nc2c(C)c(-c3ccccc3)nn2C)c1C. The quantitative estimate of drug-likeness (QED) is 0.774. The Labute approximate surface area is 147 Å². The summed E-state index contributed by atoms with van der Waals surface area (Å²) < 4.78 is 3.57. The molecular formula is C19H23N5O. The van der Waals surface area contributed by atoms with E-state index in [-0.39, 0.29) is 5.91 Å². The van der Waals surface area contributed by atoms with Crippen molar-refractivity contribution in [3.8, 4) is 11.3 Å². The van der Waals surface area contributed by atoms with Gasteiger partial charge in [0, 0.05) is 30.4 Å². The Hall–Kier alpha value is -2.89. The summed E-state index contributed by atoms with van der Waals surface area (Å²) in [5.74, 6) is 0.539. The van der Waals surface area contributed by atoms with Gasteiger partial charge in [-0.05, 0) is 20.3 Å². The Morgan fingerprint density at radius 2 is 1.92 bits per heavy atom. The molecule has 25 heavy (non-hydrogen) atoms. The molecule has 2 heterocycles. The molecule has 0 aliphatic carbocycles. The molecule has 0 atom stereocenters. The molecule has 6 heteroatoms. The van der Waals surface area contributed by atoms with Gasteiger partial charge >= 0.3 is 0 Å². The first-order valence-corrected chi connectivity index (χ1v) is 8.45. The van der Waals surface area contributed by atoms with Crippen LogP contribution in [0.5, 0.6) is 0 Å². The second kappa shape index (κ2) is 6.93. The number of hydrogen-bond donors (Lipinski definition) is 1. The van der Waals surface area contributed by atoms with Gasteiger partial charge in [0.15, 0.2) is 0 Å². The monoisotopic (exact) mass is 337 g/mol. The highest BCUT2D eigenvalue weighted by Crippen LogP contribution is 2.27. The molecule has 0 saturated heterocycles. The minimum atomic E-state index is -0.162. The Morgan fingerprint density at radius 3 is 2.60 bits per heavy atom. The Balaban J connectivity index is 1.89. The number of aromatic nitrogens is 4. The van der Waals surface area contributed by atoms with Crippen LogP contribution in [0.3, 0.4) is 0 Å². The van der Waals surface area contributed by atoms with Gasteiger partial charge in [0.25, 0.3) is 5.91 Å². The van der Waals surface area contributed by atoms with Crippen LogP contribution in [0.25, 0.3) is 11.3 Å². The van der Waals surface area contributed by atoms with Crippen molar-refractivity contribution in [3.63, 3.8) is 0 Å². The Bertz CT molecular complexity index is 892. The van der Waals surface area contributed by atoms with Crippen molar-refractivity contribution in [3.05, 3.63) is 53.3 Å². The summed E-state index contributed by atoms with van der Waals surface area (Å²) in [5, 5.41) is 11.9. The van der Waals surface area contributed by atoms with E-state index in [2.05, 4.69) is 22.4 Å². The molecule has 0 bridgehead atoms. The van der Waals surface area contributed by atoms with E-state index in [9.17, 15) is 4.79 Å². The number of nitrogens with one attached hydrogen (secondary N) is 1. The van der Waals surface area contributed by atoms with E-state index < -0.39 is 0 Å². The molecule has 1 amide bonds. The number of anilines is 1. The van der Waals surface area contributed by atoms with Crippen LogP contribution in [0.1, 0.15) is 35.0 Å². The van der Waals surface area contributed by atoms with Crippen molar-refractivity contribution in [2.24, 2.45) is 7.05 Å². The van der Waals surface area contributed by atoms with E-state index in [1.54, 1.807) is 10.9 Å². The van der Waals surface area contributed by atoms with Crippen LogP contribution in [0.4, 0.5) is 5.82 Å². The van der Waals surface area contributed by atoms with E-state index in [1.807, 2.05) is 55.9 Å². The number of benzene rings is 1. The number of amides is 1. The zero-order chi connectivity index (χ0) is 18.0. The van der Waals surface area contributed by atoms with Crippen molar-refractivity contribution in [2.45, 2.75) is 33.7 Å². The summed E-state index contributed by atoms with van der Waals surface area (Å²) >= 11 is 0. The lowest BCUT2D eigenvalue weighted by atomic mass is 10.1. The van der Waals surface area contributed by atoms with E-state index in [0.717, 1.165) is 35.5 Å². The van der Waals surface area contributed by atoms with Crippen molar-refractivity contribution < 1.29 is 4.79 Å². The number of hydrogen-bond acceptors (Lipinski definition) is 3. The molecule has 3 aromatic rings. The van der Waals surface area contributed by atoms with Crippen LogP contribution in [-0.2, 0) is 13.6 Å². The zero-order valence-corrected chi connectivity index (χ0v) is 15.1.